The van der Waals surface area contributed by atoms with E-state index in [4.69, 9.17) is 0 Å². The number of hydrogen-bond donors (Lipinski definition) is 2. The van der Waals surface area contributed by atoms with E-state index in [1.165, 1.54) is 0 Å². The van der Waals surface area contributed by atoms with Crippen LogP contribution in [-0.2, 0) is 6.54 Å². The Morgan fingerprint density at radius 2 is 2.20 bits per heavy atom. The molecule has 0 saturated heterocycles. The second kappa shape index (κ2) is 7.05. The molecule has 2 N–H and O–H groups in total. The van der Waals surface area contributed by atoms with Gasteiger partial charge in [0.25, 0.3) is 0 Å². The van der Waals surface area contributed by atoms with Gasteiger partial charge in [0.15, 0.2) is 0 Å². The van der Waals surface area contributed by atoms with Crippen LogP contribution >= 0.6 is 15.9 Å². The third-order valence-electron chi connectivity index (χ3n) is 2.87. The van der Waals surface area contributed by atoms with Crippen LogP contribution in [0.5, 0.6) is 0 Å². The molecule has 1 atom stereocenters. The zero-order chi connectivity index (χ0) is 14.4. The molecular weight excluding hydrogens is 318 g/mol. The van der Waals surface area contributed by atoms with Gasteiger partial charge in [0.2, 0.25) is 0 Å². The van der Waals surface area contributed by atoms with Gasteiger partial charge in [0.1, 0.15) is 0 Å². The summed E-state index contributed by atoms with van der Waals surface area (Å²) in [4.78, 5) is 15.8. The van der Waals surface area contributed by atoms with E-state index >= 15 is 0 Å². The van der Waals surface area contributed by atoms with E-state index in [0.29, 0.717) is 6.54 Å². The average molecular weight is 334 g/mol. The van der Waals surface area contributed by atoms with E-state index in [2.05, 4.69) is 31.5 Å². The molecule has 1 aromatic heterocycles. The van der Waals surface area contributed by atoms with E-state index in [1.807, 2.05) is 43.3 Å². The number of rotatable bonds is 4. The number of carbonyl (C=O) groups excluding carboxylic acids is 1. The number of nitrogens with zero attached hydrogens (tertiary/aromatic N) is 1. The quantitative estimate of drug-likeness (QED) is 0.900. The van der Waals surface area contributed by atoms with Gasteiger partial charge in [-0.25, -0.2) is 4.79 Å². The summed E-state index contributed by atoms with van der Waals surface area (Å²) < 4.78 is 0.999. The van der Waals surface area contributed by atoms with Crippen molar-refractivity contribution >= 4 is 22.0 Å². The van der Waals surface area contributed by atoms with Crippen LogP contribution in [0.15, 0.2) is 53.3 Å². The number of halogens is 1. The molecule has 1 heterocycles. The molecule has 0 aliphatic rings. The minimum absolute atomic E-state index is 0.0543. The van der Waals surface area contributed by atoms with Gasteiger partial charge in [-0.2, -0.15) is 0 Å². The fourth-order valence-corrected chi connectivity index (χ4v) is 2.21. The summed E-state index contributed by atoms with van der Waals surface area (Å²) in [5.41, 5.74) is 2.02. The maximum Gasteiger partial charge on any atom is 0.315 e. The van der Waals surface area contributed by atoms with E-state index in [9.17, 15) is 4.79 Å². The molecule has 0 fully saturated rings. The van der Waals surface area contributed by atoms with Crippen LogP contribution in [0.3, 0.4) is 0 Å². The summed E-state index contributed by atoms with van der Waals surface area (Å²) in [5, 5.41) is 5.71. The molecule has 104 valence electrons. The van der Waals surface area contributed by atoms with Crippen LogP contribution in [0.25, 0.3) is 0 Å². The van der Waals surface area contributed by atoms with Crippen molar-refractivity contribution < 1.29 is 4.79 Å². The lowest BCUT2D eigenvalue weighted by molar-refractivity contribution is 0.237. The van der Waals surface area contributed by atoms with Crippen molar-refractivity contribution in [3.63, 3.8) is 0 Å². The molecule has 2 amide bonds. The van der Waals surface area contributed by atoms with Gasteiger partial charge in [-0.1, -0.05) is 34.1 Å². The molecule has 4 nitrogen and oxygen atoms in total. The standard InChI is InChI=1S/C15H16BrN3O/c1-11(13-5-2-6-14(16)8-13)19-15(20)18-10-12-4-3-7-17-9-12/h2-9,11H,10H2,1H3,(H2,18,19,20). The molecule has 1 unspecified atom stereocenters. The number of carbonyl (C=O) groups is 1. The number of urea groups is 1. The highest BCUT2D eigenvalue weighted by Gasteiger charge is 2.09. The number of hydrogen-bond acceptors (Lipinski definition) is 2. The van der Waals surface area contributed by atoms with Crippen molar-refractivity contribution in [2.45, 2.75) is 19.5 Å². The van der Waals surface area contributed by atoms with E-state index < -0.39 is 0 Å². The Balaban J connectivity index is 1.85. The third kappa shape index (κ3) is 4.35. The highest BCUT2D eigenvalue weighted by atomic mass is 79.9. The van der Waals surface area contributed by atoms with Crippen molar-refractivity contribution in [3.8, 4) is 0 Å². The topological polar surface area (TPSA) is 54.0 Å². The van der Waals surface area contributed by atoms with Crippen molar-refractivity contribution in [3.05, 3.63) is 64.4 Å². The average Bonchev–Trinajstić information content (AvgIpc) is 2.46. The van der Waals surface area contributed by atoms with Crippen LogP contribution < -0.4 is 10.6 Å². The zero-order valence-corrected chi connectivity index (χ0v) is 12.7. The molecule has 1 aromatic carbocycles. The Kier molecular flexibility index (Phi) is 5.12. The molecule has 5 heteroatoms. The van der Waals surface area contributed by atoms with Gasteiger partial charge in [0, 0.05) is 23.4 Å². The molecule has 20 heavy (non-hydrogen) atoms. The van der Waals surface area contributed by atoms with E-state index in [1.54, 1.807) is 12.4 Å². The summed E-state index contributed by atoms with van der Waals surface area (Å²) in [5.74, 6) is 0. The summed E-state index contributed by atoms with van der Waals surface area (Å²) in [6, 6.07) is 11.4. The van der Waals surface area contributed by atoms with Crippen LogP contribution in [-0.4, -0.2) is 11.0 Å². The van der Waals surface area contributed by atoms with Crippen LogP contribution in [0.4, 0.5) is 4.79 Å². The van der Waals surface area contributed by atoms with Gasteiger partial charge >= 0.3 is 6.03 Å². The smallest absolute Gasteiger partial charge is 0.315 e. The molecule has 0 spiro atoms. The maximum absolute atomic E-state index is 11.8. The second-order valence-corrected chi connectivity index (χ2v) is 5.38. The molecule has 2 aromatic rings. The van der Waals surface area contributed by atoms with Crippen molar-refractivity contribution in [2.24, 2.45) is 0 Å². The number of pyridine rings is 1. The Bertz CT molecular complexity index is 574. The van der Waals surface area contributed by atoms with Gasteiger partial charge in [0.05, 0.1) is 6.04 Å². The van der Waals surface area contributed by atoms with Gasteiger partial charge in [-0.05, 0) is 36.2 Å². The SMILES string of the molecule is CC(NC(=O)NCc1cccnc1)c1cccc(Br)c1. The molecule has 2 rings (SSSR count). The van der Waals surface area contributed by atoms with Crippen LogP contribution in [0, 0.1) is 0 Å². The lowest BCUT2D eigenvalue weighted by Crippen LogP contribution is -2.36. The molecule has 0 bridgehead atoms. The highest BCUT2D eigenvalue weighted by Crippen LogP contribution is 2.17. The predicted molar refractivity (Wildman–Crippen MR) is 82.2 cm³/mol. The Morgan fingerprint density at radius 3 is 2.90 bits per heavy atom. The molecule has 0 saturated carbocycles. The summed E-state index contributed by atoms with van der Waals surface area (Å²) >= 11 is 3.42. The minimum Gasteiger partial charge on any atom is -0.334 e. The van der Waals surface area contributed by atoms with Gasteiger partial charge < -0.3 is 10.6 Å². The Labute approximate surface area is 126 Å². The summed E-state index contributed by atoms with van der Waals surface area (Å²) in [6.45, 7) is 2.41. The molecule has 0 aliphatic heterocycles. The Hall–Kier alpha value is -1.88. The molecular formula is C15H16BrN3O. The first-order valence-electron chi connectivity index (χ1n) is 6.34. The van der Waals surface area contributed by atoms with Gasteiger partial charge in [-0.3, -0.25) is 4.98 Å². The van der Waals surface area contributed by atoms with Crippen molar-refractivity contribution in [1.29, 1.82) is 0 Å². The largest absolute Gasteiger partial charge is 0.334 e. The first-order chi connectivity index (χ1) is 9.65. The van der Waals surface area contributed by atoms with Crippen LogP contribution in [0.2, 0.25) is 0 Å². The predicted octanol–water partition coefficient (Wildman–Crippen LogP) is 3.40. The first-order valence-corrected chi connectivity index (χ1v) is 7.13. The second-order valence-electron chi connectivity index (χ2n) is 4.46. The fraction of sp³-hybridized carbons (Fsp3) is 0.200. The zero-order valence-electron chi connectivity index (χ0n) is 11.1. The molecule has 0 aliphatic carbocycles. The summed E-state index contributed by atoms with van der Waals surface area (Å²) in [7, 11) is 0. The summed E-state index contributed by atoms with van der Waals surface area (Å²) in [6.07, 6.45) is 3.44. The number of nitrogens with one attached hydrogen (secondary N) is 2. The van der Waals surface area contributed by atoms with E-state index in [-0.39, 0.29) is 12.1 Å². The number of benzene rings is 1. The van der Waals surface area contributed by atoms with Crippen LogP contribution in [0.1, 0.15) is 24.1 Å². The first kappa shape index (κ1) is 14.5. The Morgan fingerprint density at radius 1 is 1.35 bits per heavy atom. The third-order valence-corrected chi connectivity index (χ3v) is 3.37. The minimum atomic E-state index is -0.193. The van der Waals surface area contributed by atoms with Crippen molar-refractivity contribution in [2.75, 3.05) is 0 Å². The highest BCUT2D eigenvalue weighted by molar-refractivity contribution is 9.10. The maximum atomic E-state index is 11.8. The fourth-order valence-electron chi connectivity index (χ4n) is 1.79. The normalized spacial score (nSPS) is 11.7. The lowest BCUT2D eigenvalue weighted by atomic mass is 10.1. The lowest BCUT2D eigenvalue weighted by Gasteiger charge is -2.15. The van der Waals surface area contributed by atoms with Crippen molar-refractivity contribution in [1.82, 2.24) is 15.6 Å². The van der Waals surface area contributed by atoms with Gasteiger partial charge in [-0.15, -0.1) is 0 Å². The molecule has 0 radical (unpaired) electrons. The monoisotopic (exact) mass is 333 g/mol. The van der Waals surface area contributed by atoms with E-state index in [0.717, 1.165) is 15.6 Å². The number of amides is 2. The number of aromatic nitrogens is 1.